The number of anilines is 1. The maximum atomic E-state index is 4.20. The molecule has 0 saturated heterocycles. The number of hydrogen-bond donors (Lipinski definition) is 1. The third-order valence-corrected chi connectivity index (χ3v) is 3.58. The molecule has 0 amide bonds. The molecule has 0 spiro atoms. The molecule has 1 N–H and O–H groups in total. The van der Waals surface area contributed by atoms with E-state index in [1.807, 2.05) is 24.7 Å². The van der Waals surface area contributed by atoms with Crippen LogP contribution in [0.1, 0.15) is 25.6 Å². The lowest BCUT2D eigenvalue weighted by atomic mass is 10.3. The van der Waals surface area contributed by atoms with Gasteiger partial charge in [0.05, 0.1) is 18.6 Å². The molecule has 0 atom stereocenters. The van der Waals surface area contributed by atoms with Crippen LogP contribution in [0, 0.1) is 3.57 Å². The predicted octanol–water partition coefficient (Wildman–Crippen LogP) is 3.68. The van der Waals surface area contributed by atoms with Crippen LogP contribution in [0.5, 0.6) is 0 Å². The summed E-state index contributed by atoms with van der Waals surface area (Å²) < 4.78 is 3.42. The van der Waals surface area contributed by atoms with E-state index in [2.05, 4.69) is 63.4 Å². The fraction of sp³-hybridized carbons (Fsp3) is 0.308. The molecule has 17 heavy (non-hydrogen) atoms. The molecule has 4 heteroatoms. The van der Waals surface area contributed by atoms with Crippen LogP contribution in [-0.4, -0.2) is 9.55 Å². The Balaban J connectivity index is 2.08. The Morgan fingerprint density at radius 3 is 2.82 bits per heavy atom. The van der Waals surface area contributed by atoms with Crippen molar-refractivity contribution in [2.45, 2.75) is 26.4 Å². The summed E-state index contributed by atoms with van der Waals surface area (Å²) in [6, 6.07) is 8.74. The predicted molar refractivity (Wildman–Crippen MR) is 79.1 cm³/mol. The van der Waals surface area contributed by atoms with Gasteiger partial charge in [0.25, 0.3) is 0 Å². The van der Waals surface area contributed by atoms with E-state index < -0.39 is 0 Å². The number of para-hydroxylation sites is 1. The maximum absolute atomic E-state index is 4.20. The van der Waals surface area contributed by atoms with E-state index in [4.69, 9.17) is 0 Å². The molecule has 2 rings (SSSR count). The molecule has 0 bridgehead atoms. The zero-order valence-electron chi connectivity index (χ0n) is 10.0. The quantitative estimate of drug-likeness (QED) is 0.860. The number of nitrogens with zero attached hydrogens (tertiary/aromatic N) is 2. The van der Waals surface area contributed by atoms with Crippen LogP contribution in [0.3, 0.4) is 0 Å². The Labute approximate surface area is 115 Å². The first-order valence-electron chi connectivity index (χ1n) is 5.67. The second-order valence-corrected chi connectivity index (χ2v) is 5.38. The summed E-state index contributed by atoms with van der Waals surface area (Å²) in [6.07, 6.45) is 3.81. The molecule has 2 aromatic rings. The van der Waals surface area contributed by atoms with Gasteiger partial charge in [-0.25, -0.2) is 4.98 Å². The molecular formula is C13H16IN3. The lowest BCUT2D eigenvalue weighted by Gasteiger charge is -2.13. The van der Waals surface area contributed by atoms with Crippen LogP contribution in [0.25, 0.3) is 0 Å². The molecule has 0 unspecified atom stereocenters. The number of imidazole rings is 1. The van der Waals surface area contributed by atoms with Gasteiger partial charge >= 0.3 is 0 Å². The summed E-state index contributed by atoms with van der Waals surface area (Å²) in [4.78, 5) is 4.20. The highest BCUT2D eigenvalue weighted by Gasteiger charge is 2.05. The molecule has 0 aliphatic rings. The molecule has 90 valence electrons. The summed E-state index contributed by atoms with van der Waals surface area (Å²) in [5, 5.41) is 3.44. The van der Waals surface area contributed by atoms with Gasteiger partial charge in [-0.3, -0.25) is 0 Å². The summed E-state index contributed by atoms with van der Waals surface area (Å²) >= 11 is 2.34. The minimum absolute atomic E-state index is 0.448. The Kier molecular flexibility index (Phi) is 4.04. The normalized spacial score (nSPS) is 10.8. The summed E-state index contributed by atoms with van der Waals surface area (Å²) in [5.74, 6) is 0. The topological polar surface area (TPSA) is 29.9 Å². The highest BCUT2D eigenvalue weighted by molar-refractivity contribution is 14.1. The van der Waals surface area contributed by atoms with Crippen molar-refractivity contribution in [1.82, 2.24) is 9.55 Å². The standard InChI is InChI=1S/C13H16IN3/c1-10(2)17-9-15-7-11(17)8-16-13-6-4-3-5-12(13)14/h3-7,9-10,16H,8H2,1-2H3. The van der Waals surface area contributed by atoms with Gasteiger partial charge in [0.15, 0.2) is 0 Å². The average molecular weight is 341 g/mol. The number of nitrogens with one attached hydrogen (secondary N) is 1. The van der Waals surface area contributed by atoms with Crippen molar-refractivity contribution in [3.05, 3.63) is 46.1 Å². The third-order valence-electron chi connectivity index (χ3n) is 2.64. The van der Waals surface area contributed by atoms with E-state index in [0.29, 0.717) is 6.04 Å². The van der Waals surface area contributed by atoms with Gasteiger partial charge in [-0.2, -0.15) is 0 Å². The highest BCUT2D eigenvalue weighted by Crippen LogP contribution is 2.18. The van der Waals surface area contributed by atoms with E-state index in [1.165, 1.54) is 15.0 Å². The molecular weight excluding hydrogens is 325 g/mol. The van der Waals surface area contributed by atoms with E-state index in [1.54, 1.807) is 0 Å². The van der Waals surface area contributed by atoms with Crippen LogP contribution in [0.2, 0.25) is 0 Å². The van der Waals surface area contributed by atoms with Gasteiger partial charge in [0, 0.05) is 21.5 Å². The zero-order valence-corrected chi connectivity index (χ0v) is 12.2. The minimum Gasteiger partial charge on any atom is -0.379 e. The van der Waals surface area contributed by atoms with Crippen molar-refractivity contribution < 1.29 is 0 Å². The smallest absolute Gasteiger partial charge is 0.0951 e. The van der Waals surface area contributed by atoms with Crippen molar-refractivity contribution in [3.8, 4) is 0 Å². The SMILES string of the molecule is CC(C)n1cncc1CNc1ccccc1I. The average Bonchev–Trinajstić information content (AvgIpc) is 2.76. The fourth-order valence-electron chi connectivity index (χ4n) is 1.72. The molecule has 0 radical (unpaired) electrons. The fourth-order valence-corrected chi connectivity index (χ4v) is 2.30. The van der Waals surface area contributed by atoms with Crippen LogP contribution < -0.4 is 5.32 Å². The van der Waals surface area contributed by atoms with E-state index >= 15 is 0 Å². The Morgan fingerprint density at radius 1 is 1.35 bits per heavy atom. The van der Waals surface area contributed by atoms with Gasteiger partial charge in [0.2, 0.25) is 0 Å². The first-order valence-corrected chi connectivity index (χ1v) is 6.75. The second-order valence-electron chi connectivity index (χ2n) is 4.22. The van der Waals surface area contributed by atoms with Crippen LogP contribution in [0.15, 0.2) is 36.8 Å². The van der Waals surface area contributed by atoms with Crippen LogP contribution in [0.4, 0.5) is 5.69 Å². The molecule has 1 aromatic heterocycles. The van der Waals surface area contributed by atoms with Crippen LogP contribution in [-0.2, 0) is 6.54 Å². The van der Waals surface area contributed by atoms with Crippen LogP contribution >= 0.6 is 22.6 Å². The number of hydrogen-bond acceptors (Lipinski definition) is 2. The van der Waals surface area contributed by atoms with Crippen molar-refractivity contribution in [1.29, 1.82) is 0 Å². The second kappa shape index (κ2) is 5.53. The summed E-state index contributed by atoms with van der Waals surface area (Å²) in [6.45, 7) is 5.13. The van der Waals surface area contributed by atoms with Gasteiger partial charge < -0.3 is 9.88 Å². The van der Waals surface area contributed by atoms with Crippen molar-refractivity contribution in [2.75, 3.05) is 5.32 Å². The van der Waals surface area contributed by atoms with Gasteiger partial charge in [-0.1, -0.05) is 12.1 Å². The lowest BCUT2D eigenvalue weighted by molar-refractivity contribution is 0.577. The molecule has 1 heterocycles. The third kappa shape index (κ3) is 3.00. The highest BCUT2D eigenvalue weighted by atomic mass is 127. The van der Waals surface area contributed by atoms with E-state index in [9.17, 15) is 0 Å². The van der Waals surface area contributed by atoms with Gasteiger partial charge in [0.1, 0.15) is 0 Å². The Hall–Kier alpha value is -1.04. The monoisotopic (exact) mass is 341 g/mol. The van der Waals surface area contributed by atoms with Crippen molar-refractivity contribution in [2.24, 2.45) is 0 Å². The van der Waals surface area contributed by atoms with E-state index in [0.717, 1.165) is 6.54 Å². The first kappa shape index (κ1) is 12.4. The maximum Gasteiger partial charge on any atom is 0.0951 e. The Bertz CT molecular complexity index is 491. The molecule has 3 nitrogen and oxygen atoms in total. The van der Waals surface area contributed by atoms with Crippen molar-refractivity contribution >= 4 is 28.3 Å². The number of benzene rings is 1. The van der Waals surface area contributed by atoms with E-state index in [-0.39, 0.29) is 0 Å². The van der Waals surface area contributed by atoms with Crippen molar-refractivity contribution in [3.63, 3.8) is 0 Å². The number of aromatic nitrogens is 2. The number of halogens is 1. The van der Waals surface area contributed by atoms with Gasteiger partial charge in [-0.15, -0.1) is 0 Å². The zero-order chi connectivity index (χ0) is 12.3. The first-order chi connectivity index (χ1) is 8.18. The largest absolute Gasteiger partial charge is 0.379 e. The molecule has 0 fully saturated rings. The molecule has 0 aliphatic heterocycles. The Morgan fingerprint density at radius 2 is 2.12 bits per heavy atom. The summed E-state index contributed by atoms with van der Waals surface area (Å²) in [5.41, 5.74) is 2.38. The van der Waals surface area contributed by atoms with Gasteiger partial charge in [-0.05, 0) is 48.6 Å². The molecule has 0 aliphatic carbocycles. The number of rotatable bonds is 4. The minimum atomic E-state index is 0.448. The molecule has 0 saturated carbocycles. The summed E-state index contributed by atoms with van der Waals surface area (Å²) in [7, 11) is 0. The molecule has 1 aromatic carbocycles. The lowest BCUT2D eigenvalue weighted by Crippen LogP contribution is -2.09.